The smallest absolute Gasteiger partial charge is 0.115 e. The predicted molar refractivity (Wildman–Crippen MR) is 48.3 cm³/mol. The Labute approximate surface area is 78.2 Å². The van der Waals surface area contributed by atoms with E-state index in [1.165, 1.54) is 0 Å². The molecule has 1 rings (SSSR count). The number of halogens is 1. The maximum atomic E-state index is 11.2. The van der Waals surface area contributed by atoms with Crippen LogP contribution in [0.25, 0.3) is 0 Å². The fraction of sp³-hybridized carbons (Fsp3) is 0.125. The molecule has 0 radical (unpaired) electrons. The van der Waals surface area contributed by atoms with E-state index in [9.17, 15) is 4.21 Å². The van der Waals surface area contributed by atoms with Crippen LogP contribution in [-0.2, 0) is 10.8 Å². The number of nitrogens with zero attached hydrogens (tertiary/aromatic N) is 1. The maximum Gasteiger partial charge on any atom is 0.115 e. The molecule has 0 saturated heterocycles. The first-order valence-electron chi connectivity index (χ1n) is 3.25. The molecule has 0 unspecified atom stereocenters. The van der Waals surface area contributed by atoms with Crippen molar-refractivity contribution in [2.45, 2.75) is 4.90 Å². The van der Waals surface area contributed by atoms with Crippen LogP contribution in [0.5, 0.6) is 0 Å². The van der Waals surface area contributed by atoms with Crippen molar-refractivity contribution in [2.75, 3.05) is 5.75 Å². The van der Waals surface area contributed by atoms with Gasteiger partial charge in [-0.3, -0.25) is 4.21 Å². The van der Waals surface area contributed by atoms with Gasteiger partial charge in [-0.1, -0.05) is 11.6 Å². The second-order valence-electron chi connectivity index (χ2n) is 2.10. The van der Waals surface area contributed by atoms with Gasteiger partial charge < -0.3 is 0 Å². The summed E-state index contributed by atoms with van der Waals surface area (Å²) in [4.78, 5) is 0.640. The molecule has 0 aliphatic rings. The molecule has 1 atom stereocenters. The third-order valence-electron chi connectivity index (χ3n) is 1.27. The zero-order chi connectivity index (χ0) is 8.97. The Morgan fingerprint density at radius 3 is 2.50 bits per heavy atom. The molecule has 4 heteroatoms. The molecule has 0 fully saturated rings. The van der Waals surface area contributed by atoms with E-state index in [1.54, 1.807) is 24.3 Å². The van der Waals surface area contributed by atoms with Crippen LogP contribution < -0.4 is 0 Å². The Morgan fingerprint density at radius 2 is 2.00 bits per heavy atom. The quantitative estimate of drug-likeness (QED) is 0.731. The molecule has 2 nitrogen and oxygen atoms in total. The highest BCUT2D eigenvalue weighted by Crippen LogP contribution is 2.12. The molecule has 12 heavy (non-hydrogen) atoms. The first-order valence-corrected chi connectivity index (χ1v) is 4.94. The SMILES string of the molecule is N#CC[S@](=O)c1ccc(Cl)cc1. The predicted octanol–water partition coefficient (Wildman–Crippen LogP) is 1.97. The Bertz CT molecular complexity index is 328. The number of rotatable bonds is 2. The summed E-state index contributed by atoms with van der Waals surface area (Å²) in [6.07, 6.45) is 0. The largest absolute Gasteiger partial charge is 0.253 e. The van der Waals surface area contributed by atoms with Crippen LogP contribution >= 0.6 is 11.6 Å². The van der Waals surface area contributed by atoms with Gasteiger partial charge in [-0.25, -0.2) is 0 Å². The highest BCUT2D eigenvalue weighted by Gasteiger charge is 2.01. The summed E-state index contributed by atoms with van der Waals surface area (Å²) in [7, 11) is -1.21. The summed E-state index contributed by atoms with van der Waals surface area (Å²) in [5.41, 5.74) is 0. The number of benzene rings is 1. The summed E-state index contributed by atoms with van der Waals surface area (Å²) >= 11 is 5.63. The monoisotopic (exact) mass is 199 g/mol. The van der Waals surface area contributed by atoms with Crippen molar-refractivity contribution in [3.8, 4) is 6.07 Å². The normalized spacial score (nSPS) is 12.0. The van der Waals surface area contributed by atoms with Crippen LogP contribution in [0, 0.1) is 11.3 Å². The molecule has 0 amide bonds. The van der Waals surface area contributed by atoms with E-state index in [0.29, 0.717) is 9.92 Å². The molecule has 1 aromatic rings. The van der Waals surface area contributed by atoms with Gasteiger partial charge in [0.05, 0.1) is 16.9 Å². The van der Waals surface area contributed by atoms with Crippen LogP contribution in [-0.4, -0.2) is 9.96 Å². The molecular weight excluding hydrogens is 194 g/mol. The van der Waals surface area contributed by atoms with Gasteiger partial charge in [-0.2, -0.15) is 5.26 Å². The minimum Gasteiger partial charge on any atom is -0.253 e. The lowest BCUT2D eigenvalue weighted by Crippen LogP contribution is -1.94. The fourth-order valence-corrected chi connectivity index (χ4v) is 1.58. The Kier molecular flexibility index (Phi) is 3.27. The fourth-order valence-electron chi connectivity index (χ4n) is 0.728. The van der Waals surface area contributed by atoms with Crippen molar-refractivity contribution in [1.29, 1.82) is 5.26 Å². The number of hydrogen-bond acceptors (Lipinski definition) is 2. The lowest BCUT2D eigenvalue weighted by atomic mass is 10.4. The van der Waals surface area contributed by atoms with Crippen molar-refractivity contribution in [1.82, 2.24) is 0 Å². The maximum absolute atomic E-state index is 11.2. The second-order valence-corrected chi connectivity index (χ2v) is 3.99. The second kappa shape index (κ2) is 4.24. The zero-order valence-electron chi connectivity index (χ0n) is 6.16. The lowest BCUT2D eigenvalue weighted by Gasteiger charge is -1.96. The van der Waals surface area contributed by atoms with Crippen molar-refractivity contribution in [2.24, 2.45) is 0 Å². The van der Waals surface area contributed by atoms with Gasteiger partial charge in [-0.15, -0.1) is 0 Å². The van der Waals surface area contributed by atoms with Crippen molar-refractivity contribution in [3.63, 3.8) is 0 Å². The molecule has 0 spiro atoms. The molecule has 0 bridgehead atoms. The first kappa shape index (κ1) is 9.24. The van der Waals surface area contributed by atoms with E-state index >= 15 is 0 Å². The highest BCUT2D eigenvalue weighted by atomic mass is 35.5. The molecule has 0 aromatic heterocycles. The third-order valence-corrected chi connectivity index (χ3v) is 2.71. The third kappa shape index (κ3) is 2.33. The van der Waals surface area contributed by atoms with Crippen LogP contribution in [0.2, 0.25) is 5.02 Å². The van der Waals surface area contributed by atoms with E-state index in [0.717, 1.165) is 0 Å². The Balaban J connectivity index is 2.84. The molecular formula is C8H6ClNOS. The first-order chi connectivity index (χ1) is 5.74. The summed E-state index contributed by atoms with van der Waals surface area (Å²) in [6.45, 7) is 0. The Morgan fingerprint density at radius 1 is 1.42 bits per heavy atom. The van der Waals surface area contributed by atoms with Gasteiger partial charge in [0, 0.05) is 9.92 Å². The standard InChI is InChI=1S/C8H6ClNOS/c9-7-1-3-8(4-2-7)12(11)6-5-10/h1-4H,6H2/t12-/m0/s1. The number of nitriles is 1. The lowest BCUT2D eigenvalue weighted by molar-refractivity contribution is 0.685. The van der Waals surface area contributed by atoms with Gasteiger partial charge in [-0.05, 0) is 24.3 Å². The highest BCUT2D eigenvalue weighted by molar-refractivity contribution is 7.85. The van der Waals surface area contributed by atoms with Gasteiger partial charge in [0.1, 0.15) is 5.75 Å². The van der Waals surface area contributed by atoms with E-state index in [4.69, 9.17) is 16.9 Å². The average Bonchev–Trinajstić information content (AvgIpc) is 2.06. The van der Waals surface area contributed by atoms with Gasteiger partial charge in [0.2, 0.25) is 0 Å². The minimum absolute atomic E-state index is 0.0294. The summed E-state index contributed by atoms with van der Waals surface area (Å²) < 4.78 is 11.2. The van der Waals surface area contributed by atoms with Gasteiger partial charge in [0.25, 0.3) is 0 Å². The summed E-state index contributed by atoms with van der Waals surface area (Å²) in [5, 5.41) is 8.89. The van der Waals surface area contributed by atoms with E-state index in [2.05, 4.69) is 0 Å². The van der Waals surface area contributed by atoms with Crippen molar-refractivity contribution < 1.29 is 4.21 Å². The minimum atomic E-state index is -1.21. The van der Waals surface area contributed by atoms with E-state index in [-0.39, 0.29) is 5.75 Å². The summed E-state index contributed by atoms with van der Waals surface area (Å²) in [6, 6.07) is 8.49. The van der Waals surface area contributed by atoms with E-state index < -0.39 is 10.8 Å². The molecule has 0 aliphatic heterocycles. The number of hydrogen-bond donors (Lipinski definition) is 0. The molecule has 0 aliphatic carbocycles. The topological polar surface area (TPSA) is 40.9 Å². The molecule has 62 valence electrons. The van der Waals surface area contributed by atoms with Gasteiger partial charge in [0.15, 0.2) is 0 Å². The van der Waals surface area contributed by atoms with Crippen LogP contribution in [0.1, 0.15) is 0 Å². The zero-order valence-corrected chi connectivity index (χ0v) is 7.73. The Hall–Kier alpha value is -0.850. The molecule has 1 aromatic carbocycles. The van der Waals surface area contributed by atoms with Gasteiger partial charge >= 0.3 is 0 Å². The summed E-state index contributed by atoms with van der Waals surface area (Å²) in [5.74, 6) is 0.0294. The molecule has 0 heterocycles. The van der Waals surface area contributed by atoms with Crippen molar-refractivity contribution in [3.05, 3.63) is 29.3 Å². The van der Waals surface area contributed by atoms with Crippen LogP contribution in [0.4, 0.5) is 0 Å². The molecule has 0 N–H and O–H groups in total. The van der Waals surface area contributed by atoms with Crippen molar-refractivity contribution >= 4 is 22.4 Å². The van der Waals surface area contributed by atoms with E-state index in [1.807, 2.05) is 6.07 Å². The van der Waals surface area contributed by atoms with Crippen LogP contribution in [0.15, 0.2) is 29.2 Å². The average molecular weight is 200 g/mol. The molecule has 0 saturated carbocycles. The van der Waals surface area contributed by atoms with Crippen LogP contribution in [0.3, 0.4) is 0 Å².